The Bertz CT molecular complexity index is 667. The second-order valence-electron chi connectivity index (χ2n) is 10.5. The lowest BCUT2D eigenvalue weighted by molar-refractivity contribution is -0.110. The molecule has 0 nitrogen and oxygen atoms in total. The maximum Gasteiger partial charge on any atom is -0.00387 e. The summed E-state index contributed by atoms with van der Waals surface area (Å²) < 4.78 is 0. The van der Waals surface area contributed by atoms with E-state index in [4.69, 9.17) is 0 Å². The molecule has 0 aromatic heterocycles. The van der Waals surface area contributed by atoms with Crippen molar-refractivity contribution in [3.63, 3.8) is 0 Å². The molecule has 2 fully saturated rings. The lowest BCUT2D eigenvalue weighted by Crippen LogP contribution is -2.57. The first-order valence-corrected chi connectivity index (χ1v) is 10.3. The molecular weight excluding hydrogens is 288 g/mol. The summed E-state index contributed by atoms with van der Waals surface area (Å²) in [5.41, 5.74) is 7.96. The van der Waals surface area contributed by atoms with E-state index in [9.17, 15) is 0 Å². The summed E-state index contributed by atoms with van der Waals surface area (Å²) in [5.74, 6) is 1.79. The van der Waals surface area contributed by atoms with E-state index in [0.29, 0.717) is 16.2 Å². The van der Waals surface area contributed by atoms with E-state index in [1.54, 1.807) is 16.7 Å². The van der Waals surface area contributed by atoms with Crippen LogP contribution in [-0.2, 0) is 11.8 Å². The number of hydrogen-bond acceptors (Lipinski definition) is 0. The van der Waals surface area contributed by atoms with Gasteiger partial charge in [-0.2, -0.15) is 0 Å². The van der Waals surface area contributed by atoms with E-state index in [2.05, 4.69) is 53.7 Å². The number of fused-ring (bicyclic) bond motifs is 5. The zero-order valence-electron chi connectivity index (χ0n) is 16.8. The van der Waals surface area contributed by atoms with Gasteiger partial charge in [0.15, 0.2) is 0 Å². The van der Waals surface area contributed by atoms with Crippen LogP contribution < -0.4 is 0 Å². The fourth-order valence-corrected chi connectivity index (χ4v) is 7.64. The predicted octanol–water partition coefficient (Wildman–Crippen LogP) is 6.75. The van der Waals surface area contributed by atoms with Gasteiger partial charge in [0.25, 0.3) is 0 Å². The maximum absolute atomic E-state index is 2.67. The van der Waals surface area contributed by atoms with E-state index in [0.717, 1.165) is 11.8 Å². The molecule has 4 atom stereocenters. The summed E-state index contributed by atoms with van der Waals surface area (Å²) in [6.45, 7) is 15.0. The van der Waals surface area contributed by atoms with Gasteiger partial charge in [-0.25, -0.2) is 0 Å². The van der Waals surface area contributed by atoms with Crippen LogP contribution >= 0.6 is 0 Å². The molecule has 0 aliphatic heterocycles. The van der Waals surface area contributed by atoms with Crippen molar-refractivity contribution in [3.05, 3.63) is 34.4 Å². The van der Waals surface area contributed by atoms with Crippen LogP contribution in [0.15, 0.2) is 12.1 Å². The molecule has 3 aliphatic carbocycles. The Kier molecular flexibility index (Phi) is 3.56. The van der Waals surface area contributed by atoms with Crippen molar-refractivity contribution in [1.29, 1.82) is 0 Å². The Morgan fingerprint density at radius 3 is 2.38 bits per heavy atom. The highest BCUT2D eigenvalue weighted by atomic mass is 14.6. The van der Waals surface area contributed by atoms with Gasteiger partial charge >= 0.3 is 0 Å². The Balaban J connectivity index is 1.82. The van der Waals surface area contributed by atoms with Gasteiger partial charge in [-0.05, 0) is 103 Å². The summed E-state index contributed by atoms with van der Waals surface area (Å²) >= 11 is 0. The second kappa shape index (κ2) is 5.12. The average molecular weight is 325 g/mol. The van der Waals surface area contributed by atoms with Crippen LogP contribution in [0.1, 0.15) is 88.5 Å². The van der Waals surface area contributed by atoms with Crippen molar-refractivity contribution in [1.82, 2.24) is 0 Å². The van der Waals surface area contributed by atoms with Crippen molar-refractivity contribution in [2.75, 3.05) is 0 Å². The highest BCUT2D eigenvalue weighted by Gasteiger charge is 2.59. The average Bonchev–Trinajstić information content (AvgIpc) is 2.49. The minimum atomic E-state index is 0.407. The molecule has 3 aliphatic rings. The van der Waals surface area contributed by atoms with E-state index in [-0.39, 0.29) is 0 Å². The molecule has 0 amide bonds. The molecule has 0 heterocycles. The van der Waals surface area contributed by atoms with Gasteiger partial charge in [0.1, 0.15) is 0 Å². The van der Waals surface area contributed by atoms with Crippen molar-refractivity contribution >= 4 is 0 Å². The molecule has 132 valence electrons. The number of rotatable bonds is 0. The zero-order chi connectivity index (χ0) is 17.3. The molecule has 1 aromatic rings. The first kappa shape index (κ1) is 16.7. The van der Waals surface area contributed by atoms with E-state index < -0.39 is 0 Å². The van der Waals surface area contributed by atoms with Gasteiger partial charge in [-0.3, -0.25) is 0 Å². The maximum atomic E-state index is 2.67. The Labute approximate surface area is 149 Å². The lowest BCUT2D eigenvalue weighted by atomic mass is 9.40. The SMILES string of the molecule is Cc1ccc2c(c1C)CC[C@H]1[C@@]2(C)CCC2C(C)(C)CCC[C@@]21C. The topological polar surface area (TPSA) is 0 Å². The van der Waals surface area contributed by atoms with Crippen LogP contribution in [0, 0.1) is 36.5 Å². The number of benzene rings is 1. The molecule has 0 N–H and O–H groups in total. The summed E-state index contributed by atoms with van der Waals surface area (Å²) in [7, 11) is 0. The second-order valence-corrected chi connectivity index (χ2v) is 10.5. The largest absolute Gasteiger partial charge is 0.0596 e. The third kappa shape index (κ3) is 2.04. The number of aryl methyl sites for hydroxylation is 1. The van der Waals surface area contributed by atoms with Crippen molar-refractivity contribution in [2.45, 2.75) is 91.9 Å². The van der Waals surface area contributed by atoms with E-state index in [1.165, 1.54) is 50.5 Å². The smallest absolute Gasteiger partial charge is 0.00387 e. The van der Waals surface area contributed by atoms with Gasteiger partial charge in [0.05, 0.1) is 0 Å². The molecule has 2 saturated carbocycles. The monoisotopic (exact) mass is 324 g/mol. The van der Waals surface area contributed by atoms with E-state index >= 15 is 0 Å². The third-order valence-corrected chi connectivity index (χ3v) is 8.96. The van der Waals surface area contributed by atoms with Crippen molar-refractivity contribution in [2.24, 2.45) is 22.7 Å². The minimum absolute atomic E-state index is 0.407. The summed E-state index contributed by atoms with van der Waals surface area (Å²) in [5, 5.41) is 0. The summed E-state index contributed by atoms with van der Waals surface area (Å²) in [6.07, 6.45) is 9.89. The molecule has 0 radical (unpaired) electrons. The van der Waals surface area contributed by atoms with Gasteiger partial charge < -0.3 is 0 Å². The fraction of sp³-hybridized carbons (Fsp3) is 0.750. The Hall–Kier alpha value is -0.780. The normalized spacial score (nSPS) is 40.4. The van der Waals surface area contributed by atoms with Crippen LogP contribution in [-0.4, -0.2) is 0 Å². The standard InChI is InChI=1S/C24H36/c1-16-8-10-19-18(17(16)2)9-11-21-23(19,5)15-12-20-22(3,4)13-7-14-24(20,21)6/h8,10,20-21H,7,9,11-15H2,1-6H3/t20?,21-,23-,24-/m0/s1. The van der Waals surface area contributed by atoms with Gasteiger partial charge in [0, 0.05) is 0 Å². The van der Waals surface area contributed by atoms with Crippen LogP contribution in [0.5, 0.6) is 0 Å². The van der Waals surface area contributed by atoms with Crippen LogP contribution in [0.25, 0.3) is 0 Å². The zero-order valence-corrected chi connectivity index (χ0v) is 16.8. The molecule has 0 bridgehead atoms. The first-order chi connectivity index (χ1) is 11.2. The number of hydrogen-bond donors (Lipinski definition) is 0. The summed E-state index contributed by atoms with van der Waals surface area (Å²) in [4.78, 5) is 0. The third-order valence-electron chi connectivity index (χ3n) is 8.96. The fourth-order valence-electron chi connectivity index (χ4n) is 7.64. The van der Waals surface area contributed by atoms with Gasteiger partial charge in [-0.1, -0.05) is 46.2 Å². The summed E-state index contributed by atoms with van der Waals surface area (Å²) in [6, 6.07) is 4.89. The van der Waals surface area contributed by atoms with Crippen LogP contribution in [0.2, 0.25) is 0 Å². The molecular formula is C24H36. The first-order valence-electron chi connectivity index (χ1n) is 10.3. The van der Waals surface area contributed by atoms with Crippen molar-refractivity contribution < 1.29 is 0 Å². The minimum Gasteiger partial charge on any atom is -0.0596 e. The molecule has 1 unspecified atom stereocenters. The quantitative estimate of drug-likeness (QED) is 0.495. The van der Waals surface area contributed by atoms with Crippen LogP contribution in [0.4, 0.5) is 0 Å². The highest BCUT2D eigenvalue weighted by molar-refractivity contribution is 5.46. The van der Waals surface area contributed by atoms with E-state index in [1.807, 2.05) is 0 Å². The van der Waals surface area contributed by atoms with Gasteiger partial charge in [-0.15, -0.1) is 0 Å². The Morgan fingerprint density at radius 2 is 1.62 bits per heavy atom. The lowest BCUT2D eigenvalue weighted by Gasteiger charge is -2.64. The van der Waals surface area contributed by atoms with Crippen molar-refractivity contribution in [3.8, 4) is 0 Å². The van der Waals surface area contributed by atoms with Gasteiger partial charge in [0.2, 0.25) is 0 Å². The van der Waals surface area contributed by atoms with Crippen LogP contribution in [0.3, 0.4) is 0 Å². The predicted molar refractivity (Wildman–Crippen MR) is 104 cm³/mol. The highest BCUT2D eigenvalue weighted by Crippen LogP contribution is 2.66. The molecule has 0 saturated heterocycles. The Morgan fingerprint density at radius 1 is 0.875 bits per heavy atom. The molecule has 0 heteroatoms. The molecule has 4 rings (SSSR count). The molecule has 0 spiro atoms. The molecule has 1 aromatic carbocycles. The molecule has 24 heavy (non-hydrogen) atoms.